The summed E-state index contributed by atoms with van der Waals surface area (Å²) >= 11 is 3.85. The average Bonchev–Trinajstić information content (AvgIpc) is 4.19. The molecule has 328 valence electrons. The molecule has 70 heavy (non-hydrogen) atoms. The van der Waals surface area contributed by atoms with Crippen LogP contribution in [0.4, 0.5) is 0 Å². The van der Waals surface area contributed by atoms with Gasteiger partial charge in [-0.3, -0.25) is 0 Å². The molecule has 0 saturated heterocycles. The lowest BCUT2D eigenvalue weighted by molar-refractivity contribution is 0.863. The number of rotatable bonds is 6. The predicted octanol–water partition coefficient (Wildman–Crippen LogP) is 16.8. The highest BCUT2D eigenvalue weighted by atomic mass is 32.2. The summed E-state index contributed by atoms with van der Waals surface area (Å²) in [6.45, 7) is 0. The highest BCUT2D eigenvalue weighted by Crippen LogP contribution is 2.55. The first kappa shape index (κ1) is 39.6. The minimum Gasteiger partial charge on any atom is -0.312 e. The van der Waals surface area contributed by atoms with Crippen LogP contribution in [0.3, 0.4) is 0 Å². The van der Waals surface area contributed by atoms with Gasteiger partial charge in [-0.2, -0.15) is 0 Å². The van der Waals surface area contributed by atoms with Crippen LogP contribution < -0.4 is 0 Å². The average molecular weight is 930 g/mol. The number of fused-ring (bicyclic) bond motifs is 13. The maximum absolute atomic E-state index is 5.17. The first-order valence-corrected chi connectivity index (χ1v) is 25.5. The molecule has 0 radical (unpaired) electrons. The van der Waals surface area contributed by atoms with Gasteiger partial charge < -0.3 is 9.13 Å². The number of thioether (sulfide) groups is 1. The van der Waals surface area contributed by atoms with Crippen LogP contribution in [0.1, 0.15) is 11.5 Å². The number of nitrogens with zero attached hydrogens (tertiary/aromatic N) is 5. The largest absolute Gasteiger partial charge is 0.312 e. The Morgan fingerprint density at radius 3 is 1.76 bits per heavy atom. The van der Waals surface area contributed by atoms with Crippen LogP contribution in [0, 0.1) is 0 Å². The predicted molar refractivity (Wildman–Crippen MR) is 294 cm³/mol. The molecule has 13 aromatic rings. The van der Waals surface area contributed by atoms with E-state index in [4.69, 9.17) is 15.0 Å². The standard InChI is InChI=1S/C63H39N5S2/c1-4-17-38(18-5-1)61-64-62(39-19-6-2-7-20-39)66-63(65-61)50-29-15-27-46-48-28-16-32-55(59(48)69-58(46)50)68-53-31-13-11-24-44(53)51-37-40(33-36-54(51)68)42-25-14-26-47-49-35-34-45-43-23-10-12-30-52(43)67(41-21-8-3-9-22-41)56(45)60(49)70-57(42)47/h1-37,48,59H. The molecule has 9 aromatic carbocycles. The van der Waals surface area contributed by atoms with Crippen molar-refractivity contribution in [2.24, 2.45) is 0 Å². The summed E-state index contributed by atoms with van der Waals surface area (Å²) in [7, 11) is 0. The molecular weight excluding hydrogens is 891 g/mol. The monoisotopic (exact) mass is 929 g/mol. The Morgan fingerprint density at radius 2 is 1.00 bits per heavy atom. The fourth-order valence-corrected chi connectivity index (χ4v) is 14.2. The Morgan fingerprint density at radius 1 is 0.414 bits per heavy atom. The van der Waals surface area contributed by atoms with E-state index in [1.807, 2.05) is 59.5 Å². The first-order chi connectivity index (χ1) is 34.7. The Balaban J connectivity index is 0.855. The quantitative estimate of drug-likeness (QED) is 0.167. The van der Waals surface area contributed by atoms with Crippen molar-refractivity contribution in [1.82, 2.24) is 24.1 Å². The molecule has 2 unspecified atom stereocenters. The minimum absolute atomic E-state index is 0.138. The Bertz CT molecular complexity index is 4280. The van der Waals surface area contributed by atoms with Crippen LogP contribution in [-0.4, -0.2) is 29.3 Å². The van der Waals surface area contributed by atoms with Gasteiger partial charge in [-0.15, -0.1) is 23.1 Å². The Kier molecular flexibility index (Phi) is 8.82. The maximum Gasteiger partial charge on any atom is 0.165 e. The van der Waals surface area contributed by atoms with Gasteiger partial charge in [0.25, 0.3) is 0 Å². The molecule has 5 heterocycles. The van der Waals surface area contributed by atoms with Gasteiger partial charge in [-0.05, 0) is 59.2 Å². The second-order valence-electron chi connectivity index (χ2n) is 18.2. The molecule has 0 fully saturated rings. The van der Waals surface area contributed by atoms with E-state index in [0.29, 0.717) is 17.5 Å². The molecule has 1 aliphatic carbocycles. The summed E-state index contributed by atoms with van der Waals surface area (Å²) < 4.78 is 7.60. The lowest BCUT2D eigenvalue weighted by atomic mass is 9.89. The number of hydrogen-bond donors (Lipinski definition) is 0. The van der Waals surface area contributed by atoms with E-state index in [0.717, 1.165) is 16.7 Å². The fourth-order valence-electron chi connectivity index (χ4n) is 11.2. The van der Waals surface area contributed by atoms with Crippen LogP contribution >= 0.6 is 23.1 Å². The normalized spacial score (nSPS) is 15.4. The number of thiophene rings is 1. The van der Waals surface area contributed by atoms with E-state index in [9.17, 15) is 0 Å². The van der Waals surface area contributed by atoms with Crippen LogP contribution in [0.2, 0.25) is 0 Å². The van der Waals surface area contributed by atoms with E-state index < -0.39 is 0 Å². The molecular formula is C63H39N5S2. The molecule has 2 atom stereocenters. The van der Waals surface area contributed by atoms with Gasteiger partial charge in [-0.1, -0.05) is 182 Å². The second-order valence-corrected chi connectivity index (χ2v) is 20.4. The van der Waals surface area contributed by atoms with E-state index >= 15 is 0 Å². The van der Waals surface area contributed by atoms with Crippen molar-refractivity contribution in [2.45, 2.75) is 16.1 Å². The molecule has 0 spiro atoms. The number of hydrogen-bond acceptors (Lipinski definition) is 5. The van der Waals surface area contributed by atoms with Gasteiger partial charge >= 0.3 is 0 Å². The zero-order chi connectivity index (χ0) is 45.9. The molecule has 1 aliphatic heterocycles. The van der Waals surface area contributed by atoms with Gasteiger partial charge in [-0.25, -0.2) is 15.0 Å². The molecule has 0 amide bonds. The van der Waals surface area contributed by atoms with Gasteiger partial charge in [0.15, 0.2) is 17.5 Å². The summed E-state index contributed by atoms with van der Waals surface area (Å²) in [5, 5.41) is 7.77. The van der Waals surface area contributed by atoms with E-state index in [1.165, 1.54) is 96.8 Å². The van der Waals surface area contributed by atoms with E-state index in [-0.39, 0.29) is 11.2 Å². The molecule has 5 nitrogen and oxygen atoms in total. The van der Waals surface area contributed by atoms with Crippen molar-refractivity contribution in [3.8, 4) is 51.0 Å². The summed E-state index contributed by atoms with van der Waals surface area (Å²) in [6, 6.07) is 74.3. The van der Waals surface area contributed by atoms with Crippen molar-refractivity contribution in [1.29, 1.82) is 0 Å². The smallest absolute Gasteiger partial charge is 0.165 e. The highest BCUT2D eigenvalue weighted by Gasteiger charge is 2.39. The third kappa shape index (κ3) is 5.95. The molecule has 0 bridgehead atoms. The maximum atomic E-state index is 5.17. The minimum atomic E-state index is 0.138. The Labute approximate surface area is 411 Å². The topological polar surface area (TPSA) is 48.5 Å². The third-order valence-corrected chi connectivity index (χ3v) is 17.1. The molecule has 2 aliphatic rings. The SMILES string of the molecule is C1=CC2c3cccc(-c4nc(-c5ccccc5)nc(-c5ccccc5)n4)c3SC2C(n2c3ccccc3c3cc(-c4cccc5c4sc4c5ccc5c6ccccc6n(-c6ccccc6)c54)ccc32)=C1. The molecule has 4 aromatic heterocycles. The van der Waals surface area contributed by atoms with Gasteiger partial charge in [0.05, 0.1) is 32.0 Å². The fraction of sp³-hybridized carbons (Fsp3) is 0.0317. The van der Waals surface area contributed by atoms with Crippen molar-refractivity contribution in [3.05, 3.63) is 230 Å². The zero-order valence-electron chi connectivity index (χ0n) is 37.6. The van der Waals surface area contributed by atoms with Gasteiger partial charge in [0.2, 0.25) is 0 Å². The van der Waals surface area contributed by atoms with E-state index in [2.05, 4.69) is 197 Å². The molecule has 0 saturated carbocycles. The van der Waals surface area contributed by atoms with Crippen molar-refractivity contribution >= 4 is 92.6 Å². The van der Waals surface area contributed by atoms with E-state index in [1.54, 1.807) is 0 Å². The first-order valence-electron chi connectivity index (χ1n) is 23.8. The summed E-state index contributed by atoms with van der Waals surface area (Å²) in [6.07, 6.45) is 6.96. The second kappa shape index (κ2) is 15.6. The number of para-hydroxylation sites is 3. The van der Waals surface area contributed by atoms with Crippen LogP contribution in [0.5, 0.6) is 0 Å². The zero-order valence-corrected chi connectivity index (χ0v) is 39.2. The van der Waals surface area contributed by atoms with Crippen molar-refractivity contribution < 1.29 is 0 Å². The third-order valence-electron chi connectivity index (χ3n) is 14.3. The molecule has 15 rings (SSSR count). The van der Waals surface area contributed by atoms with Gasteiger partial charge in [0.1, 0.15) is 0 Å². The number of benzene rings is 9. The lowest BCUT2D eigenvalue weighted by Gasteiger charge is -2.25. The Hall–Kier alpha value is -8.36. The summed E-state index contributed by atoms with van der Waals surface area (Å²) in [4.78, 5) is 16.6. The number of aromatic nitrogens is 5. The van der Waals surface area contributed by atoms with Crippen LogP contribution in [-0.2, 0) is 0 Å². The highest BCUT2D eigenvalue weighted by molar-refractivity contribution is 8.00. The summed E-state index contributed by atoms with van der Waals surface area (Å²) in [5.41, 5.74) is 14.1. The van der Waals surface area contributed by atoms with Crippen LogP contribution in [0.15, 0.2) is 229 Å². The van der Waals surface area contributed by atoms with Crippen LogP contribution in [0.25, 0.3) is 120 Å². The van der Waals surface area contributed by atoms with Crippen molar-refractivity contribution in [2.75, 3.05) is 0 Å². The van der Waals surface area contributed by atoms with Gasteiger partial charge in [0, 0.05) is 75.9 Å². The lowest BCUT2D eigenvalue weighted by Crippen LogP contribution is -2.17. The molecule has 7 heteroatoms. The summed E-state index contributed by atoms with van der Waals surface area (Å²) in [5.74, 6) is 2.20. The van der Waals surface area contributed by atoms with Crippen molar-refractivity contribution in [3.63, 3.8) is 0 Å². The number of allylic oxidation sites excluding steroid dienone is 3. The molecule has 0 N–H and O–H groups in total.